The standard InChI is InChI=1S/C6H8O7.2Na.3H2O.2H/c7-3(8)1-6(13,5(11)12)2-4(9)10;;;;;;;/h13H,1-2H2,(H,7,8)(H,9,10)(H,11,12);;;3*1H2;;/q;2*+1;;;;2*-1. The number of rotatable bonds is 5. The van der Waals surface area contributed by atoms with E-state index in [1.165, 1.54) is 0 Å². The van der Waals surface area contributed by atoms with E-state index in [4.69, 9.17) is 20.4 Å². The van der Waals surface area contributed by atoms with Crippen molar-refractivity contribution in [3.05, 3.63) is 0 Å². The average molecular weight is 294 g/mol. The Hall–Kier alpha value is 0.250. The summed E-state index contributed by atoms with van der Waals surface area (Å²) >= 11 is 0. The van der Waals surface area contributed by atoms with E-state index in [1.54, 1.807) is 0 Å². The van der Waals surface area contributed by atoms with E-state index in [0.717, 1.165) is 0 Å². The molecule has 0 bridgehead atoms. The largest absolute Gasteiger partial charge is 1.00 e. The van der Waals surface area contributed by atoms with Crippen LogP contribution in [0.2, 0.25) is 0 Å². The zero-order valence-corrected chi connectivity index (χ0v) is 13.9. The van der Waals surface area contributed by atoms with Crippen LogP contribution in [0.25, 0.3) is 0 Å². The maximum Gasteiger partial charge on any atom is 1.00 e. The molecular weight excluding hydrogens is 278 g/mol. The minimum absolute atomic E-state index is 0. The van der Waals surface area contributed by atoms with E-state index in [2.05, 4.69) is 0 Å². The predicted molar refractivity (Wildman–Crippen MR) is 50.2 cm³/mol. The first kappa shape index (κ1) is 36.2. The number of carboxylic acid groups (broad SMARTS) is 3. The summed E-state index contributed by atoms with van der Waals surface area (Å²) in [5, 5.41) is 33.8. The summed E-state index contributed by atoms with van der Waals surface area (Å²) in [5.41, 5.74) is -2.74. The smallest absolute Gasteiger partial charge is 1.00 e. The van der Waals surface area contributed by atoms with Gasteiger partial charge in [0, 0.05) is 0 Å². The van der Waals surface area contributed by atoms with Crippen molar-refractivity contribution in [2.45, 2.75) is 18.4 Å². The Bertz CT molecular complexity index is 248. The molecule has 0 atom stereocenters. The molecule has 0 radical (unpaired) electrons. The Kier molecular flexibility index (Phi) is 30.8. The van der Waals surface area contributed by atoms with Gasteiger partial charge in [0.15, 0.2) is 5.60 Å². The van der Waals surface area contributed by atoms with Crippen molar-refractivity contribution in [3.8, 4) is 0 Å². The van der Waals surface area contributed by atoms with Gasteiger partial charge < -0.3 is 39.7 Å². The van der Waals surface area contributed by atoms with Gasteiger partial charge in [0.2, 0.25) is 0 Å². The Morgan fingerprint density at radius 1 is 0.833 bits per heavy atom. The number of carbonyl (C=O) groups is 3. The Morgan fingerprint density at radius 2 is 1.06 bits per heavy atom. The van der Waals surface area contributed by atoms with Crippen LogP contribution in [-0.2, 0) is 14.4 Å². The fraction of sp³-hybridized carbons (Fsp3) is 0.500. The van der Waals surface area contributed by atoms with E-state index >= 15 is 0 Å². The van der Waals surface area contributed by atoms with Crippen molar-refractivity contribution < 1.29 is 113 Å². The Morgan fingerprint density at radius 3 is 1.17 bits per heavy atom. The van der Waals surface area contributed by atoms with E-state index < -0.39 is 36.4 Å². The average Bonchev–Trinajstić information content (AvgIpc) is 1.82. The number of hydrogen-bond donors (Lipinski definition) is 4. The van der Waals surface area contributed by atoms with E-state index in [1.807, 2.05) is 0 Å². The molecule has 0 spiro atoms. The van der Waals surface area contributed by atoms with Crippen molar-refractivity contribution in [3.63, 3.8) is 0 Å². The first-order valence-corrected chi connectivity index (χ1v) is 3.17. The van der Waals surface area contributed by atoms with Gasteiger partial charge in [-0.15, -0.1) is 0 Å². The summed E-state index contributed by atoms with van der Waals surface area (Å²) in [6.07, 6.45) is -2.29. The van der Waals surface area contributed by atoms with Gasteiger partial charge in [-0.25, -0.2) is 4.79 Å². The van der Waals surface area contributed by atoms with Gasteiger partial charge in [0.1, 0.15) is 0 Å². The molecule has 0 aromatic carbocycles. The van der Waals surface area contributed by atoms with Gasteiger partial charge in [0.25, 0.3) is 0 Å². The molecule has 0 heterocycles. The topological polar surface area (TPSA) is 227 Å². The molecule has 0 unspecified atom stereocenters. The second kappa shape index (κ2) is 15.3. The molecule has 0 amide bonds. The molecule has 0 aliphatic heterocycles. The molecule has 0 aliphatic carbocycles. The van der Waals surface area contributed by atoms with Gasteiger partial charge in [0.05, 0.1) is 12.8 Å². The van der Waals surface area contributed by atoms with Gasteiger partial charge in [-0.1, -0.05) is 0 Å². The summed E-state index contributed by atoms with van der Waals surface area (Å²) in [5.74, 6) is -5.02. The fourth-order valence-corrected chi connectivity index (χ4v) is 0.714. The molecule has 0 aliphatic rings. The number of carboxylic acids is 3. The van der Waals surface area contributed by atoms with Gasteiger partial charge in [-0.05, 0) is 0 Å². The van der Waals surface area contributed by atoms with E-state index in [9.17, 15) is 14.4 Å². The van der Waals surface area contributed by atoms with Crippen molar-refractivity contribution in [2.75, 3.05) is 0 Å². The van der Waals surface area contributed by atoms with Gasteiger partial charge >= 0.3 is 77.0 Å². The molecule has 0 fully saturated rings. The van der Waals surface area contributed by atoms with Crippen molar-refractivity contribution in [2.24, 2.45) is 0 Å². The van der Waals surface area contributed by atoms with Crippen molar-refractivity contribution >= 4 is 17.9 Å². The monoisotopic (exact) mass is 294 g/mol. The van der Waals surface area contributed by atoms with Crippen molar-refractivity contribution in [1.29, 1.82) is 0 Å². The maximum atomic E-state index is 10.3. The number of hydrogen-bond acceptors (Lipinski definition) is 4. The van der Waals surface area contributed by atoms with Crippen LogP contribution in [0.4, 0.5) is 0 Å². The van der Waals surface area contributed by atoms with Crippen LogP contribution >= 0.6 is 0 Å². The second-order valence-corrected chi connectivity index (χ2v) is 2.48. The van der Waals surface area contributed by atoms with Gasteiger partial charge in [-0.3, -0.25) is 9.59 Å². The summed E-state index contributed by atoms with van der Waals surface area (Å²) in [4.78, 5) is 30.5. The molecule has 10 N–H and O–H groups in total. The molecule has 12 heteroatoms. The minimum Gasteiger partial charge on any atom is -1.00 e. The molecule has 0 aromatic rings. The third-order valence-electron chi connectivity index (χ3n) is 1.29. The van der Waals surface area contributed by atoms with Crippen molar-refractivity contribution in [1.82, 2.24) is 0 Å². The summed E-state index contributed by atoms with van der Waals surface area (Å²) in [7, 11) is 0. The van der Waals surface area contributed by atoms with Crippen LogP contribution in [0.1, 0.15) is 15.7 Å². The molecule has 10 nitrogen and oxygen atoms in total. The number of aliphatic hydroxyl groups is 1. The van der Waals surface area contributed by atoms with Crippen LogP contribution in [0.5, 0.6) is 0 Å². The molecule has 18 heavy (non-hydrogen) atoms. The Labute approximate surface area is 148 Å². The summed E-state index contributed by atoms with van der Waals surface area (Å²) in [6.45, 7) is 0. The van der Waals surface area contributed by atoms with Crippen LogP contribution in [0.3, 0.4) is 0 Å². The normalized spacial score (nSPS) is 7.83. The van der Waals surface area contributed by atoms with Crippen LogP contribution in [-0.4, -0.2) is 60.4 Å². The molecule has 0 aromatic heterocycles. The molecule has 0 saturated carbocycles. The summed E-state index contributed by atoms with van der Waals surface area (Å²) in [6, 6.07) is 0. The third kappa shape index (κ3) is 14.3. The quantitative estimate of drug-likeness (QED) is 0.357. The molecule has 0 rings (SSSR count). The number of aliphatic carboxylic acids is 3. The molecule has 0 saturated heterocycles. The SMILES string of the molecule is O.O.O.O=C(O)CC(O)(CC(=O)O)C(=O)O.[H-].[H-].[Na+].[Na+]. The third-order valence-corrected chi connectivity index (χ3v) is 1.29. The minimum atomic E-state index is -2.74. The van der Waals surface area contributed by atoms with E-state index in [-0.39, 0.29) is 78.4 Å². The summed E-state index contributed by atoms with van der Waals surface area (Å²) < 4.78 is 0. The van der Waals surface area contributed by atoms with Crippen LogP contribution < -0.4 is 59.1 Å². The maximum absolute atomic E-state index is 10.3. The first-order valence-electron chi connectivity index (χ1n) is 3.17. The molecular formula is C6H16Na2O10. The zero-order valence-electron chi connectivity index (χ0n) is 11.9. The van der Waals surface area contributed by atoms with E-state index in [0.29, 0.717) is 0 Å². The first-order chi connectivity index (χ1) is 5.78. The fourth-order valence-electron chi connectivity index (χ4n) is 0.714. The zero-order chi connectivity index (χ0) is 10.6. The van der Waals surface area contributed by atoms with Crippen LogP contribution in [0.15, 0.2) is 0 Å². The van der Waals surface area contributed by atoms with Gasteiger partial charge in [-0.2, -0.15) is 0 Å². The van der Waals surface area contributed by atoms with Crippen LogP contribution in [0, 0.1) is 0 Å². The molecule has 102 valence electrons. The predicted octanol–water partition coefficient (Wildman–Crippen LogP) is -9.49. The second-order valence-electron chi connectivity index (χ2n) is 2.48. The Balaban J connectivity index is -0.0000000343.